The Balaban J connectivity index is 2.28. The van der Waals surface area contributed by atoms with Gasteiger partial charge in [0.2, 0.25) is 0 Å². The molecule has 0 spiro atoms. The number of hydrogen-bond acceptors (Lipinski definition) is 2. The summed E-state index contributed by atoms with van der Waals surface area (Å²) in [5.74, 6) is -0.442. The van der Waals surface area contributed by atoms with Gasteiger partial charge in [-0.25, -0.2) is 4.79 Å². The van der Waals surface area contributed by atoms with Crippen LogP contribution in [0.4, 0.5) is 0 Å². The highest BCUT2D eigenvalue weighted by molar-refractivity contribution is 6.35. The Hall–Kier alpha value is -1.68. The third-order valence-electron chi connectivity index (χ3n) is 3.28. The SMILES string of the molecule is COC(=O)c1cc2c(-c3cc(Cl)cc(Cl)c3)cc(Cl)cc2[nH]1. The first-order chi connectivity index (χ1) is 10.5. The number of rotatable bonds is 2. The summed E-state index contributed by atoms with van der Waals surface area (Å²) in [4.78, 5) is 14.7. The van der Waals surface area contributed by atoms with E-state index in [0.29, 0.717) is 20.8 Å². The topological polar surface area (TPSA) is 42.1 Å². The van der Waals surface area contributed by atoms with Gasteiger partial charge in [-0.05, 0) is 47.5 Å². The quantitative estimate of drug-likeness (QED) is 0.610. The third-order valence-corrected chi connectivity index (χ3v) is 3.94. The van der Waals surface area contributed by atoms with E-state index >= 15 is 0 Å². The molecule has 0 aliphatic carbocycles. The standard InChI is InChI=1S/C16H10Cl3NO2/c1-22-16(21)15-7-13-12(5-11(19)6-14(13)20-15)8-2-9(17)4-10(18)3-8/h2-7,20H,1H3. The van der Waals surface area contributed by atoms with Crippen LogP contribution in [0.1, 0.15) is 10.5 Å². The van der Waals surface area contributed by atoms with Crippen LogP contribution in [0.3, 0.4) is 0 Å². The highest BCUT2D eigenvalue weighted by Crippen LogP contribution is 2.35. The lowest BCUT2D eigenvalue weighted by atomic mass is 10.0. The van der Waals surface area contributed by atoms with Crippen molar-refractivity contribution in [3.8, 4) is 11.1 Å². The van der Waals surface area contributed by atoms with Crippen LogP contribution in [0, 0.1) is 0 Å². The molecule has 0 fully saturated rings. The zero-order valence-electron chi connectivity index (χ0n) is 11.4. The van der Waals surface area contributed by atoms with E-state index in [4.69, 9.17) is 39.5 Å². The average Bonchev–Trinajstić information content (AvgIpc) is 2.88. The average molecular weight is 355 g/mol. The maximum atomic E-state index is 11.7. The summed E-state index contributed by atoms with van der Waals surface area (Å²) in [6.45, 7) is 0. The maximum Gasteiger partial charge on any atom is 0.354 e. The lowest BCUT2D eigenvalue weighted by Crippen LogP contribution is -2.00. The number of esters is 1. The van der Waals surface area contributed by atoms with Crippen molar-refractivity contribution in [1.29, 1.82) is 0 Å². The van der Waals surface area contributed by atoms with Crippen LogP contribution in [0.5, 0.6) is 0 Å². The van der Waals surface area contributed by atoms with Crippen LogP contribution in [-0.4, -0.2) is 18.1 Å². The molecule has 22 heavy (non-hydrogen) atoms. The molecule has 6 heteroatoms. The zero-order valence-corrected chi connectivity index (χ0v) is 13.7. The van der Waals surface area contributed by atoms with E-state index in [1.54, 1.807) is 36.4 Å². The molecule has 3 rings (SSSR count). The molecule has 3 nitrogen and oxygen atoms in total. The van der Waals surface area contributed by atoms with E-state index < -0.39 is 5.97 Å². The normalized spacial score (nSPS) is 10.9. The summed E-state index contributed by atoms with van der Waals surface area (Å²) < 4.78 is 4.73. The molecule has 1 N–H and O–H groups in total. The van der Waals surface area contributed by atoms with Gasteiger partial charge in [0.1, 0.15) is 5.69 Å². The van der Waals surface area contributed by atoms with Crippen molar-refractivity contribution in [2.45, 2.75) is 0 Å². The fourth-order valence-corrected chi connectivity index (χ4v) is 3.11. The summed E-state index contributed by atoms with van der Waals surface area (Å²) in [7, 11) is 1.33. The first-order valence-corrected chi connectivity index (χ1v) is 7.48. The van der Waals surface area contributed by atoms with E-state index in [2.05, 4.69) is 4.98 Å². The van der Waals surface area contributed by atoms with Crippen LogP contribution in [0.25, 0.3) is 22.0 Å². The molecule has 0 saturated heterocycles. The number of carbonyl (C=O) groups is 1. The number of aromatic amines is 1. The Bertz CT molecular complexity index is 866. The van der Waals surface area contributed by atoms with Crippen molar-refractivity contribution < 1.29 is 9.53 Å². The molecular formula is C16H10Cl3NO2. The van der Waals surface area contributed by atoms with Gasteiger partial charge in [-0.3, -0.25) is 0 Å². The number of ether oxygens (including phenoxy) is 1. The summed E-state index contributed by atoms with van der Waals surface area (Å²) in [6, 6.07) is 10.5. The van der Waals surface area contributed by atoms with Crippen molar-refractivity contribution >= 4 is 51.7 Å². The molecule has 0 radical (unpaired) electrons. The molecule has 3 aromatic rings. The van der Waals surface area contributed by atoms with Crippen LogP contribution in [0.15, 0.2) is 36.4 Å². The number of fused-ring (bicyclic) bond motifs is 1. The Labute approximate surface area is 141 Å². The number of aromatic nitrogens is 1. The Kier molecular flexibility index (Phi) is 4.04. The summed E-state index contributed by atoms with van der Waals surface area (Å²) in [5.41, 5.74) is 2.74. The molecule has 0 atom stereocenters. The second kappa shape index (κ2) is 5.84. The molecular weight excluding hydrogens is 345 g/mol. The van der Waals surface area contributed by atoms with Crippen molar-refractivity contribution in [2.75, 3.05) is 7.11 Å². The van der Waals surface area contributed by atoms with E-state index in [9.17, 15) is 4.79 Å². The first-order valence-electron chi connectivity index (χ1n) is 6.35. The molecule has 0 saturated carbocycles. The number of benzene rings is 2. The maximum absolute atomic E-state index is 11.7. The van der Waals surface area contributed by atoms with Crippen molar-refractivity contribution in [1.82, 2.24) is 4.98 Å². The van der Waals surface area contributed by atoms with Crippen LogP contribution in [0.2, 0.25) is 15.1 Å². The van der Waals surface area contributed by atoms with Crippen LogP contribution >= 0.6 is 34.8 Å². The van der Waals surface area contributed by atoms with Gasteiger partial charge < -0.3 is 9.72 Å². The fourth-order valence-electron chi connectivity index (χ4n) is 2.37. The lowest BCUT2D eigenvalue weighted by molar-refractivity contribution is 0.0595. The second-order valence-corrected chi connectivity index (χ2v) is 6.06. The molecule has 0 amide bonds. The number of methoxy groups -OCH3 is 1. The molecule has 0 unspecified atom stereocenters. The number of halogens is 3. The summed E-state index contributed by atoms with van der Waals surface area (Å²) in [5, 5.41) is 2.43. The Morgan fingerprint density at radius 3 is 2.23 bits per heavy atom. The largest absolute Gasteiger partial charge is 0.464 e. The molecule has 0 aliphatic heterocycles. The molecule has 1 aromatic heterocycles. The van der Waals surface area contributed by atoms with E-state index in [1.807, 2.05) is 0 Å². The van der Waals surface area contributed by atoms with Crippen molar-refractivity contribution in [3.05, 3.63) is 57.2 Å². The number of H-pyrrole nitrogens is 1. The molecule has 0 aliphatic rings. The highest BCUT2D eigenvalue weighted by Gasteiger charge is 2.14. The highest BCUT2D eigenvalue weighted by atomic mass is 35.5. The summed E-state index contributed by atoms with van der Waals surface area (Å²) >= 11 is 18.3. The van der Waals surface area contributed by atoms with E-state index in [0.717, 1.165) is 22.0 Å². The van der Waals surface area contributed by atoms with Crippen molar-refractivity contribution in [3.63, 3.8) is 0 Å². The Morgan fingerprint density at radius 2 is 1.59 bits per heavy atom. The second-order valence-electron chi connectivity index (χ2n) is 4.75. The zero-order chi connectivity index (χ0) is 15.9. The number of nitrogens with one attached hydrogen (secondary N) is 1. The van der Waals surface area contributed by atoms with Gasteiger partial charge in [-0.15, -0.1) is 0 Å². The van der Waals surface area contributed by atoms with Crippen LogP contribution < -0.4 is 0 Å². The summed E-state index contributed by atoms with van der Waals surface area (Å²) in [6.07, 6.45) is 0. The van der Waals surface area contributed by atoms with E-state index in [1.165, 1.54) is 7.11 Å². The predicted octanol–water partition coefficient (Wildman–Crippen LogP) is 5.58. The van der Waals surface area contributed by atoms with Gasteiger partial charge in [-0.2, -0.15) is 0 Å². The molecule has 2 aromatic carbocycles. The van der Waals surface area contributed by atoms with Gasteiger partial charge in [0.25, 0.3) is 0 Å². The fraction of sp³-hybridized carbons (Fsp3) is 0.0625. The number of hydrogen-bond donors (Lipinski definition) is 1. The lowest BCUT2D eigenvalue weighted by Gasteiger charge is -2.06. The van der Waals surface area contributed by atoms with Crippen molar-refractivity contribution in [2.24, 2.45) is 0 Å². The van der Waals surface area contributed by atoms with Gasteiger partial charge in [0, 0.05) is 26.0 Å². The number of carbonyl (C=O) groups excluding carboxylic acids is 1. The molecule has 1 heterocycles. The monoisotopic (exact) mass is 353 g/mol. The predicted molar refractivity (Wildman–Crippen MR) is 90.1 cm³/mol. The Morgan fingerprint density at radius 1 is 0.955 bits per heavy atom. The van der Waals surface area contributed by atoms with Gasteiger partial charge in [0.05, 0.1) is 7.11 Å². The first kappa shape index (κ1) is 15.2. The smallest absolute Gasteiger partial charge is 0.354 e. The van der Waals surface area contributed by atoms with E-state index in [-0.39, 0.29) is 0 Å². The van der Waals surface area contributed by atoms with Crippen LogP contribution in [-0.2, 0) is 4.74 Å². The molecule has 112 valence electrons. The van der Waals surface area contributed by atoms with Gasteiger partial charge in [0.15, 0.2) is 0 Å². The minimum Gasteiger partial charge on any atom is -0.464 e. The minimum atomic E-state index is -0.442. The minimum absolute atomic E-state index is 0.356. The van der Waals surface area contributed by atoms with Gasteiger partial charge in [-0.1, -0.05) is 34.8 Å². The molecule has 0 bridgehead atoms. The van der Waals surface area contributed by atoms with Gasteiger partial charge >= 0.3 is 5.97 Å². The third kappa shape index (κ3) is 2.80.